The highest BCUT2D eigenvalue weighted by Crippen LogP contribution is 1.98. The maximum Gasteiger partial charge on any atom is 0.510 e. The molecule has 0 bridgehead atoms. The SMILES string of the molecule is CCOC(OC(=O)O)OC(=O)O. The Morgan fingerprint density at radius 2 is 1.67 bits per heavy atom. The molecule has 7 nitrogen and oxygen atoms in total. The van der Waals surface area contributed by atoms with Crippen molar-refractivity contribution in [1.29, 1.82) is 0 Å². The van der Waals surface area contributed by atoms with Crippen LogP contribution < -0.4 is 0 Å². The summed E-state index contributed by atoms with van der Waals surface area (Å²) >= 11 is 0. The average molecular weight is 180 g/mol. The van der Waals surface area contributed by atoms with Gasteiger partial charge >= 0.3 is 18.8 Å². The first-order valence-electron chi connectivity index (χ1n) is 2.97. The van der Waals surface area contributed by atoms with Crippen molar-refractivity contribution in [2.75, 3.05) is 6.61 Å². The Morgan fingerprint density at radius 1 is 1.25 bits per heavy atom. The zero-order chi connectivity index (χ0) is 9.56. The van der Waals surface area contributed by atoms with Crippen LogP contribution in [0, 0.1) is 0 Å². The fourth-order valence-corrected chi connectivity index (χ4v) is 0.393. The summed E-state index contributed by atoms with van der Waals surface area (Å²) in [6.07, 6.45) is -3.34. The maximum atomic E-state index is 9.89. The van der Waals surface area contributed by atoms with Gasteiger partial charge in [-0.1, -0.05) is 0 Å². The van der Waals surface area contributed by atoms with E-state index < -0.39 is 18.8 Å². The van der Waals surface area contributed by atoms with Crippen molar-refractivity contribution in [1.82, 2.24) is 0 Å². The molecule has 0 aromatic carbocycles. The lowest BCUT2D eigenvalue weighted by Gasteiger charge is -2.12. The molecule has 0 rings (SSSR count). The van der Waals surface area contributed by atoms with E-state index in [9.17, 15) is 9.59 Å². The standard InChI is InChI=1S/C5H8O7/c1-2-10-5(11-3(6)7)12-4(8)9/h5H,2H2,1H3,(H,6,7)(H,8,9). The molecule has 12 heavy (non-hydrogen) atoms. The van der Waals surface area contributed by atoms with Gasteiger partial charge in [-0.15, -0.1) is 0 Å². The summed E-state index contributed by atoms with van der Waals surface area (Å²) in [5.74, 6) is 0. The van der Waals surface area contributed by atoms with E-state index >= 15 is 0 Å². The van der Waals surface area contributed by atoms with Crippen LogP contribution in [-0.4, -0.2) is 35.6 Å². The molecule has 0 radical (unpaired) electrons. The zero-order valence-corrected chi connectivity index (χ0v) is 6.22. The second kappa shape index (κ2) is 5.19. The van der Waals surface area contributed by atoms with Crippen LogP contribution in [0.3, 0.4) is 0 Å². The summed E-state index contributed by atoms with van der Waals surface area (Å²) in [6, 6.07) is 0. The first kappa shape index (κ1) is 10.5. The Morgan fingerprint density at radius 3 is 1.92 bits per heavy atom. The molecular formula is C5H8O7. The molecule has 0 aromatic rings. The van der Waals surface area contributed by atoms with E-state index in [4.69, 9.17) is 10.2 Å². The molecule has 0 unspecified atom stereocenters. The van der Waals surface area contributed by atoms with Crippen molar-refractivity contribution in [3.05, 3.63) is 0 Å². The van der Waals surface area contributed by atoms with Crippen molar-refractivity contribution in [2.24, 2.45) is 0 Å². The molecule has 0 aromatic heterocycles. The average Bonchev–Trinajstić information content (AvgIpc) is 1.84. The van der Waals surface area contributed by atoms with Gasteiger partial charge in [-0.05, 0) is 6.92 Å². The molecular weight excluding hydrogens is 172 g/mol. The number of carbonyl (C=O) groups is 2. The number of carboxylic acid groups (broad SMARTS) is 2. The van der Waals surface area contributed by atoms with Gasteiger partial charge in [0.25, 0.3) is 0 Å². The predicted molar refractivity (Wildman–Crippen MR) is 33.6 cm³/mol. The van der Waals surface area contributed by atoms with Gasteiger partial charge in [-0.25, -0.2) is 9.59 Å². The summed E-state index contributed by atoms with van der Waals surface area (Å²) < 4.78 is 12.2. The fourth-order valence-electron chi connectivity index (χ4n) is 0.393. The van der Waals surface area contributed by atoms with Gasteiger partial charge in [0, 0.05) is 0 Å². The topological polar surface area (TPSA) is 102 Å². The van der Waals surface area contributed by atoms with Crippen molar-refractivity contribution < 1.29 is 34.0 Å². The minimum atomic E-state index is -1.72. The van der Waals surface area contributed by atoms with Crippen LogP contribution >= 0.6 is 0 Å². The molecule has 0 saturated carbocycles. The second-order valence-electron chi connectivity index (χ2n) is 1.51. The first-order chi connectivity index (χ1) is 5.56. The Hall–Kier alpha value is -1.50. The van der Waals surface area contributed by atoms with Crippen molar-refractivity contribution >= 4 is 12.3 Å². The maximum absolute atomic E-state index is 9.89. The van der Waals surface area contributed by atoms with Crippen molar-refractivity contribution in [2.45, 2.75) is 13.4 Å². The van der Waals surface area contributed by atoms with Crippen LogP contribution in [0.2, 0.25) is 0 Å². The first-order valence-corrected chi connectivity index (χ1v) is 2.97. The molecule has 2 N–H and O–H groups in total. The smallest absolute Gasteiger partial charge is 0.450 e. The lowest BCUT2D eigenvalue weighted by atomic mass is 10.9. The summed E-state index contributed by atoms with van der Waals surface area (Å²) in [5, 5.41) is 16.1. The Bertz CT molecular complexity index is 149. The lowest BCUT2D eigenvalue weighted by molar-refractivity contribution is -0.240. The van der Waals surface area contributed by atoms with Gasteiger partial charge in [0.15, 0.2) is 0 Å². The van der Waals surface area contributed by atoms with Gasteiger partial charge in [-0.2, -0.15) is 0 Å². The van der Waals surface area contributed by atoms with E-state index in [0.717, 1.165) is 0 Å². The Kier molecular flexibility index (Phi) is 4.54. The number of hydrogen-bond donors (Lipinski definition) is 2. The summed E-state index contributed by atoms with van der Waals surface area (Å²) in [6.45, 7) is -0.112. The summed E-state index contributed by atoms with van der Waals surface area (Å²) in [7, 11) is 0. The van der Waals surface area contributed by atoms with E-state index in [-0.39, 0.29) is 6.61 Å². The van der Waals surface area contributed by atoms with Gasteiger partial charge in [0.05, 0.1) is 6.61 Å². The molecule has 0 spiro atoms. The molecule has 0 heterocycles. The molecule has 0 amide bonds. The highest BCUT2D eigenvalue weighted by atomic mass is 16.9. The summed E-state index contributed by atoms with van der Waals surface area (Å²) in [4.78, 5) is 19.8. The molecule has 0 fully saturated rings. The monoisotopic (exact) mass is 180 g/mol. The minimum Gasteiger partial charge on any atom is -0.450 e. The van der Waals surface area contributed by atoms with Crippen LogP contribution in [0.15, 0.2) is 0 Å². The van der Waals surface area contributed by atoms with E-state index in [2.05, 4.69) is 14.2 Å². The van der Waals surface area contributed by atoms with Crippen LogP contribution in [-0.2, 0) is 14.2 Å². The third-order valence-electron chi connectivity index (χ3n) is 0.697. The minimum absolute atomic E-state index is 0.0746. The molecule has 70 valence electrons. The third kappa shape index (κ3) is 5.30. The van der Waals surface area contributed by atoms with E-state index in [1.807, 2.05) is 0 Å². The summed E-state index contributed by atoms with van der Waals surface area (Å²) in [5.41, 5.74) is 0. The van der Waals surface area contributed by atoms with Crippen molar-refractivity contribution in [3.8, 4) is 0 Å². The Balaban J connectivity index is 3.85. The Labute approximate surface area is 67.5 Å². The van der Waals surface area contributed by atoms with Gasteiger partial charge < -0.3 is 24.4 Å². The zero-order valence-electron chi connectivity index (χ0n) is 6.22. The fraction of sp³-hybridized carbons (Fsp3) is 0.600. The van der Waals surface area contributed by atoms with E-state index in [1.165, 1.54) is 6.92 Å². The van der Waals surface area contributed by atoms with Gasteiger partial charge in [-0.3, -0.25) is 0 Å². The lowest BCUT2D eigenvalue weighted by Crippen LogP contribution is -2.26. The molecule has 0 saturated heterocycles. The van der Waals surface area contributed by atoms with E-state index in [0.29, 0.717) is 0 Å². The quantitative estimate of drug-likeness (QED) is 0.484. The normalized spacial score (nSPS) is 9.50. The molecule has 0 aliphatic heterocycles. The largest absolute Gasteiger partial charge is 0.510 e. The van der Waals surface area contributed by atoms with Gasteiger partial charge in [0.1, 0.15) is 0 Å². The molecule has 0 aliphatic rings. The van der Waals surface area contributed by atoms with Gasteiger partial charge in [0.2, 0.25) is 0 Å². The van der Waals surface area contributed by atoms with Crippen LogP contribution in [0.4, 0.5) is 9.59 Å². The van der Waals surface area contributed by atoms with Crippen LogP contribution in [0.25, 0.3) is 0 Å². The molecule has 7 heteroatoms. The van der Waals surface area contributed by atoms with Crippen LogP contribution in [0.5, 0.6) is 0 Å². The molecule has 0 aliphatic carbocycles. The number of ether oxygens (including phenoxy) is 3. The highest BCUT2D eigenvalue weighted by Gasteiger charge is 2.17. The number of hydrogen-bond acceptors (Lipinski definition) is 5. The highest BCUT2D eigenvalue weighted by molar-refractivity contribution is 5.58. The van der Waals surface area contributed by atoms with Crippen molar-refractivity contribution in [3.63, 3.8) is 0 Å². The van der Waals surface area contributed by atoms with Crippen LogP contribution in [0.1, 0.15) is 6.92 Å². The molecule has 0 atom stereocenters. The predicted octanol–water partition coefficient (Wildman–Crippen LogP) is 0.696. The third-order valence-corrected chi connectivity index (χ3v) is 0.697. The van der Waals surface area contributed by atoms with E-state index in [1.54, 1.807) is 0 Å². The second-order valence-corrected chi connectivity index (χ2v) is 1.51. The number of rotatable bonds is 4.